The second-order valence-corrected chi connectivity index (χ2v) is 5.97. The SMILES string of the molecule is CC1NC(=O)C(C2CCCCC2)N(CCC(F)(F)F)C1=O. The van der Waals surface area contributed by atoms with E-state index in [-0.39, 0.29) is 11.8 Å². The summed E-state index contributed by atoms with van der Waals surface area (Å²) in [5.74, 6) is -0.742. The van der Waals surface area contributed by atoms with E-state index in [1.165, 1.54) is 6.92 Å². The first kappa shape index (κ1) is 16.1. The van der Waals surface area contributed by atoms with Crippen molar-refractivity contribution >= 4 is 11.8 Å². The first-order valence-corrected chi connectivity index (χ1v) is 7.47. The van der Waals surface area contributed by atoms with Crippen LogP contribution in [-0.4, -0.2) is 41.5 Å². The fourth-order valence-electron chi connectivity index (χ4n) is 3.30. The van der Waals surface area contributed by atoms with E-state index in [0.29, 0.717) is 0 Å². The van der Waals surface area contributed by atoms with Crippen LogP contribution in [-0.2, 0) is 9.59 Å². The van der Waals surface area contributed by atoms with Crippen LogP contribution in [0.2, 0.25) is 0 Å². The summed E-state index contributed by atoms with van der Waals surface area (Å²) in [7, 11) is 0. The summed E-state index contributed by atoms with van der Waals surface area (Å²) in [4.78, 5) is 25.5. The molecule has 0 bridgehead atoms. The highest BCUT2D eigenvalue weighted by Crippen LogP contribution is 2.32. The quantitative estimate of drug-likeness (QED) is 0.869. The van der Waals surface area contributed by atoms with Crippen LogP contribution in [0.3, 0.4) is 0 Å². The Hall–Kier alpha value is -1.27. The second kappa shape index (κ2) is 6.23. The lowest BCUT2D eigenvalue weighted by molar-refractivity contribution is -0.160. The van der Waals surface area contributed by atoms with E-state index in [4.69, 9.17) is 0 Å². The highest BCUT2D eigenvalue weighted by atomic mass is 19.4. The number of hydrogen-bond acceptors (Lipinski definition) is 2. The number of amides is 2. The van der Waals surface area contributed by atoms with E-state index in [1.807, 2.05) is 0 Å². The van der Waals surface area contributed by atoms with Gasteiger partial charge in [0.2, 0.25) is 11.8 Å². The van der Waals surface area contributed by atoms with Gasteiger partial charge in [0, 0.05) is 6.54 Å². The van der Waals surface area contributed by atoms with Gasteiger partial charge >= 0.3 is 6.18 Å². The fourth-order valence-corrected chi connectivity index (χ4v) is 3.30. The molecule has 2 aliphatic rings. The molecule has 1 heterocycles. The van der Waals surface area contributed by atoms with Crippen molar-refractivity contribution in [2.75, 3.05) is 6.54 Å². The standard InChI is InChI=1S/C14H21F3N2O2/c1-9-13(21)19(8-7-14(15,16)17)11(12(20)18-9)10-5-3-2-4-6-10/h9-11H,2-8H2,1H3,(H,18,20). The summed E-state index contributed by atoms with van der Waals surface area (Å²) < 4.78 is 37.4. The lowest BCUT2D eigenvalue weighted by Gasteiger charge is -2.42. The Morgan fingerprint density at radius 3 is 2.38 bits per heavy atom. The molecule has 0 aromatic heterocycles. The predicted molar refractivity (Wildman–Crippen MR) is 70.4 cm³/mol. The maximum absolute atomic E-state index is 12.5. The van der Waals surface area contributed by atoms with Gasteiger partial charge in [-0.25, -0.2) is 0 Å². The van der Waals surface area contributed by atoms with E-state index >= 15 is 0 Å². The number of alkyl halides is 3. The van der Waals surface area contributed by atoms with Crippen molar-refractivity contribution in [3.8, 4) is 0 Å². The number of nitrogens with zero attached hydrogens (tertiary/aromatic N) is 1. The van der Waals surface area contributed by atoms with Gasteiger partial charge in [-0.1, -0.05) is 19.3 Å². The summed E-state index contributed by atoms with van der Waals surface area (Å²) in [5.41, 5.74) is 0. The zero-order valence-electron chi connectivity index (χ0n) is 12.1. The molecule has 2 unspecified atom stereocenters. The van der Waals surface area contributed by atoms with Crippen LogP contribution in [0.5, 0.6) is 0 Å². The summed E-state index contributed by atoms with van der Waals surface area (Å²) in [6, 6.07) is -1.48. The van der Waals surface area contributed by atoms with Crippen molar-refractivity contribution in [1.82, 2.24) is 10.2 Å². The minimum absolute atomic E-state index is 0.0246. The van der Waals surface area contributed by atoms with Crippen LogP contribution >= 0.6 is 0 Å². The molecule has 1 N–H and O–H groups in total. The number of rotatable bonds is 3. The molecule has 7 heteroatoms. The lowest BCUT2D eigenvalue weighted by atomic mass is 9.81. The average molecular weight is 306 g/mol. The van der Waals surface area contributed by atoms with Gasteiger partial charge in [-0.3, -0.25) is 9.59 Å². The van der Waals surface area contributed by atoms with Gasteiger partial charge in [0.05, 0.1) is 6.42 Å². The van der Waals surface area contributed by atoms with Crippen molar-refractivity contribution < 1.29 is 22.8 Å². The molecular formula is C14H21F3N2O2. The first-order valence-electron chi connectivity index (χ1n) is 7.47. The normalized spacial score (nSPS) is 28.7. The Balaban J connectivity index is 2.15. The molecular weight excluding hydrogens is 285 g/mol. The van der Waals surface area contributed by atoms with Crippen molar-refractivity contribution in [3.05, 3.63) is 0 Å². The van der Waals surface area contributed by atoms with Gasteiger partial charge < -0.3 is 10.2 Å². The molecule has 2 atom stereocenters. The zero-order chi connectivity index (χ0) is 15.6. The summed E-state index contributed by atoms with van der Waals surface area (Å²) in [6.45, 7) is 1.08. The van der Waals surface area contributed by atoms with E-state index in [9.17, 15) is 22.8 Å². The largest absolute Gasteiger partial charge is 0.390 e. The van der Waals surface area contributed by atoms with E-state index in [2.05, 4.69) is 5.32 Å². The Morgan fingerprint density at radius 2 is 1.81 bits per heavy atom. The highest BCUT2D eigenvalue weighted by Gasteiger charge is 2.44. The molecule has 0 spiro atoms. The Bertz CT molecular complexity index is 406. The number of halogens is 3. The third kappa shape index (κ3) is 3.89. The molecule has 0 aromatic carbocycles. The summed E-state index contributed by atoms with van der Waals surface area (Å²) in [5, 5.41) is 2.59. The highest BCUT2D eigenvalue weighted by molar-refractivity contribution is 5.96. The van der Waals surface area contributed by atoms with Gasteiger partial charge in [0.1, 0.15) is 12.1 Å². The van der Waals surface area contributed by atoms with E-state index in [1.54, 1.807) is 0 Å². The van der Waals surface area contributed by atoms with Gasteiger partial charge in [0.15, 0.2) is 0 Å². The van der Waals surface area contributed by atoms with Gasteiger partial charge in [-0.05, 0) is 25.7 Å². The molecule has 0 radical (unpaired) electrons. The Kier molecular flexibility index (Phi) is 4.78. The zero-order valence-corrected chi connectivity index (χ0v) is 12.1. The minimum Gasteiger partial charge on any atom is -0.343 e. The van der Waals surface area contributed by atoms with Crippen molar-refractivity contribution in [1.29, 1.82) is 0 Å². The monoisotopic (exact) mass is 306 g/mol. The number of carbonyl (C=O) groups excluding carboxylic acids is 2. The lowest BCUT2D eigenvalue weighted by Crippen LogP contribution is -2.65. The van der Waals surface area contributed by atoms with Gasteiger partial charge in [0.25, 0.3) is 0 Å². The van der Waals surface area contributed by atoms with Crippen LogP contribution in [0.1, 0.15) is 45.4 Å². The van der Waals surface area contributed by atoms with Crippen molar-refractivity contribution in [2.24, 2.45) is 5.92 Å². The van der Waals surface area contributed by atoms with Crippen LogP contribution < -0.4 is 5.32 Å². The molecule has 21 heavy (non-hydrogen) atoms. The van der Waals surface area contributed by atoms with Crippen LogP contribution in [0.25, 0.3) is 0 Å². The van der Waals surface area contributed by atoms with Crippen molar-refractivity contribution in [3.63, 3.8) is 0 Å². The number of carbonyl (C=O) groups is 2. The van der Waals surface area contributed by atoms with Crippen LogP contribution in [0.15, 0.2) is 0 Å². The summed E-state index contributed by atoms with van der Waals surface area (Å²) in [6.07, 6.45) is -0.796. The topological polar surface area (TPSA) is 49.4 Å². The van der Waals surface area contributed by atoms with E-state index < -0.39 is 37.1 Å². The van der Waals surface area contributed by atoms with Crippen LogP contribution in [0, 0.1) is 5.92 Å². The predicted octanol–water partition coefficient (Wildman–Crippen LogP) is 2.23. The maximum Gasteiger partial charge on any atom is 0.390 e. The number of hydrogen-bond donors (Lipinski definition) is 1. The first-order chi connectivity index (χ1) is 9.79. The van der Waals surface area contributed by atoms with Gasteiger partial charge in [-0.2, -0.15) is 13.2 Å². The molecule has 2 amide bonds. The Morgan fingerprint density at radius 1 is 1.19 bits per heavy atom. The molecule has 120 valence electrons. The fraction of sp³-hybridized carbons (Fsp3) is 0.857. The Labute approximate surface area is 122 Å². The number of piperazine rings is 1. The third-order valence-corrected chi connectivity index (χ3v) is 4.35. The van der Waals surface area contributed by atoms with Gasteiger partial charge in [-0.15, -0.1) is 0 Å². The van der Waals surface area contributed by atoms with Crippen molar-refractivity contribution in [2.45, 2.75) is 63.7 Å². The van der Waals surface area contributed by atoms with E-state index in [0.717, 1.165) is 37.0 Å². The molecule has 4 nitrogen and oxygen atoms in total. The smallest absolute Gasteiger partial charge is 0.343 e. The van der Waals surface area contributed by atoms with Crippen LogP contribution in [0.4, 0.5) is 13.2 Å². The molecule has 0 aromatic rings. The summed E-state index contributed by atoms with van der Waals surface area (Å²) >= 11 is 0. The maximum atomic E-state index is 12.5. The molecule has 1 aliphatic carbocycles. The molecule has 1 aliphatic heterocycles. The second-order valence-electron chi connectivity index (χ2n) is 5.97. The minimum atomic E-state index is -4.32. The molecule has 1 saturated carbocycles. The third-order valence-electron chi connectivity index (χ3n) is 4.35. The molecule has 2 rings (SSSR count). The molecule has 1 saturated heterocycles. The average Bonchev–Trinajstić information content (AvgIpc) is 2.41. The number of nitrogens with one attached hydrogen (secondary N) is 1. The molecule has 2 fully saturated rings.